The van der Waals surface area contributed by atoms with E-state index in [1.807, 2.05) is 4.90 Å². The molecule has 500 valence electrons. The monoisotopic (exact) mass is 1350 g/mol. The van der Waals surface area contributed by atoms with Gasteiger partial charge in [0.1, 0.15) is 29.1 Å². The Hall–Kier alpha value is -7.78. The van der Waals surface area contributed by atoms with Crippen molar-refractivity contribution in [2.75, 3.05) is 100 Å². The van der Waals surface area contributed by atoms with Gasteiger partial charge in [-0.2, -0.15) is 0 Å². The molecule has 2 fully saturated rings. The number of carboxylic acid groups (broad SMARTS) is 1. The zero-order valence-electron chi connectivity index (χ0n) is 50.4. The summed E-state index contributed by atoms with van der Waals surface area (Å²) < 4.78 is 30.4. The maximum atomic E-state index is 13.1. The number of ether oxygens (including phenoxy) is 6. The van der Waals surface area contributed by atoms with E-state index in [0.717, 1.165) is 18.5 Å². The predicted molar refractivity (Wildman–Crippen MR) is 348 cm³/mol. The maximum Gasteiger partial charge on any atom is 0.412 e. The Morgan fingerprint density at radius 3 is 1.27 bits per heavy atom. The fourth-order valence-corrected chi connectivity index (χ4v) is 9.49. The van der Waals surface area contributed by atoms with Gasteiger partial charge < -0.3 is 65.0 Å². The number of aromatic carboxylic acids is 1. The van der Waals surface area contributed by atoms with E-state index in [9.17, 15) is 47.9 Å². The van der Waals surface area contributed by atoms with E-state index in [-0.39, 0.29) is 102 Å². The van der Waals surface area contributed by atoms with Crippen LogP contribution in [-0.2, 0) is 47.6 Å². The van der Waals surface area contributed by atoms with Crippen LogP contribution in [0.2, 0.25) is 20.1 Å². The van der Waals surface area contributed by atoms with Crippen LogP contribution in [0.5, 0.6) is 0 Å². The second-order valence-corrected chi connectivity index (χ2v) is 23.3. The molecule has 4 aromatic rings. The fraction of sp³-hybridized carbons (Fsp3) is 0.452. The number of hydrogen-bond donors (Lipinski definition) is 7. The number of nitrogens with two attached hydrogens (primary N) is 1. The topological polar surface area (TPSA) is 339 Å². The molecule has 2 aliphatic heterocycles. The number of carbonyl (C=O) groups excluding carboxylic acids is 9. The molecule has 25 nitrogen and oxygen atoms in total. The quantitative estimate of drug-likeness (QED) is 0.0301. The lowest BCUT2D eigenvalue weighted by atomic mass is 10.1. The molecule has 0 bridgehead atoms. The number of rotatable bonds is 21. The van der Waals surface area contributed by atoms with Crippen molar-refractivity contribution in [1.29, 1.82) is 0 Å². The zero-order valence-corrected chi connectivity index (χ0v) is 53.5. The van der Waals surface area contributed by atoms with Crippen LogP contribution in [0.1, 0.15) is 124 Å². The first kappa shape index (κ1) is 79.3. The first-order valence-corrected chi connectivity index (χ1v) is 29.3. The van der Waals surface area contributed by atoms with Gasteiger partial charge in [0.15, 0.2) is 5.78 Å². The molecule has 2 aliphatic rings. The number of ketones is 2. The molecule has 0 aromatic heterocycles. The van der Waals surface area contributed by atoms with E-state index in [4.69, 9.17) is 85.7 Å². The minimum atomic E-state index is -1.17. The summed E-state index contributed by atoms with van der Waals surface area (Å²) in [6.07, 6.45) is -1.43. The van der Waals surface area contributed by atoms with Gasteiger partial charge in [-0.05, 0) is 115 Å². The van der Waals surface area contributed by atoms with Crippen molar-refractivity contribution in [1.82, 2.24) is 16.0 Å². The number of benzene rings is 4. The van der Waals surface area contributed by atoms with Gasteiger partial charge in [-0.3, -0.25) is 34.6 Å². The largest absolute Gasteiger partial charge is 0.478 e. The molecule has 0 radical (unpaired) electrons. The summed E-state index contributed by atoms with van der Waals surface area (Å²) in [6, 6.07) is 16.4. The van der Waals surface area contributed by atoms with Crippen molar-refractivity contribution in [3.8, 4) is 0 Å². The molecular weight excluding hydrogens is 1270 g/mol. The van der Waals surface area contributed by atoms with Gasteiger partial charge >= 0.3 is 30.1 Å². The Morgan fingerprint density at radius 2 is 0.923 bits per heavy atom. The van der Waals surface area contributed by atoms with Crippen LogP contribution in [-0.4, -0.2) is 168 Å². The summed E-state index contributed by atoms with van der Waals surface area (Å²) in [5.41, 5.74) is 6.61. The zero-order chi connectivity index (χ0) is 66.2. The van der Waals surface area contributed by atoms with E-state index < -0.39 is 76.9 Å². The summed E-state index contributed by atoms with van der Waals surface area (Å²) in [5.74, 6) is -4.98. The minimum Gasteiger partial charge on any atom is -0.478 e. The molecule has 8 N–H and O–H groups in total. The number of anilines is 4. The van der Waals surface area contributed by atoms with E-state index >= 15 is 0 Å². The van der Waals surface area contributed by atoms with E-state index in [2.05, 4.69) is 31.5 Å². The van der Waals surface area contributed by atoms with Crippen molar-refractivity contribution in [2.45, 2.75) is 105 Å². The number of hydrogen-bond acceptors (Lipinski definition) is 19. The number of esters is 2. The smallest absolute Gasteiger partial charge is 0.412 e. The molecule has 0 saturated carbocycles. The number of Topliss-reactive ketones (excluding diaryl/α,β-unsaturated/α-hetero) is 2. The van der Waals surface area contributed by atoms with Crippen LogP contribution in [0.3, 0.4) is 0 Å². The van der Waals surface area contributed by atoms with Gasteiger partial charge in [-0.15, -0.1) is 0 Å². The molecular formula is C62H82Cl4N8O17. The summed E-state index contributed by atoms with van der Waals surface area (Å²) in [5, 5.41) is 21.9. The highest BCUT2D eigenvalue weighted by Crippen LogP contribution is 2.33. The number of amides is 5. The van der Waals surface area contributed by atoms with Crippen molar-refractivity contribution >= 4 is 129 Å². The second kappa shape index (κ2) is 38.2. The molecule has 0 unspecified atom stereocenters. The van der Waals surface area contributed by atoms with Crippen molar-refractivity contribution in [2.24, 2.45) is 5.73 Å². The predicted octanol–water partition coefficient (Wildman–Crippen LogP) is 9.64. The van der Waals surface area contributed by atoms with Crippen LogP contribution in [0.25, 0.3) is 0 Å². The third-order valence-electron chi connectivity index (χ3n) is 12.5. The van der Waals surface area contributed by atoms with Crippen molar-refractivity contribution < 1.29 is 81.5 Å². The number of methoxy groups -OCH3 is 2. The highest BCUT2D eigenvalue weighted by molar-refractivity contribution is 6.41. The van der Waals surface area contributed by atoms with E-state index in [1.54, 1.807) is 90.1 Å². The molecule has 4 aromatic carbocycles. The van der Waals surface area contributed by atoms with E-state index in [0.29, 0.717) is 64.0 Å². The first-order valence-electron chi connectivity index (χ1n) is 27.8. The van der Waals surface area contributed by atoms with Gasteiger partial charge in [0.25, 0.3) is 17.7 Å². The standard InChI is InChI=1S/C30H36Cl2N4O8.C18H23Cl2N3O5.C12H15NO4.2CH4/c1-30(2,3)44-29(41)34-19-7-5-6-18(14-19)26(38)33-17-21(37)8-9-24(28(40)42-4)35-27(39)25-22(31)15-20(16-23(25)32)36-10-12-43-13-11-36;1-27-18(26)15(3-2-12(24)10-21)22-17(25)16-13(19)8-11(9-14(16)20)23-4-6-28-7-5-23;1-12(2,3)17-11(16)13-9-6-4-5-8(7-9)10(14)15;;/h5-7,14-16,24H,8-13,17H2,1-4H3,(H,33,38)(H,34,41)(H,35,39);8-9,15H,2-7,10,21H2,1H3,(H,22,25);4-7H,1-3H3,(H,13,16)(H,14,15);2*1H4/t24-;15-;;;/m00.../s1. The Morgan fingerprint density at radius 1 is 0.560 bits per heavy atom. The van der Waals surface area contributed by atoms with Crippen LogP contribution in [0.15, 0.2) is 72.8 Å². The number of halogens is 4. The third-order valence-corrected chi connectivity index (χ3v) is 13.7. The molecule has 91 heavy (non-hydrogen) atoms. The highest BCUT2D eigenvalue weighted by Gasteiger charge is 2.29. The number of carboxylic acids is 1. The molecule has 2 atom stereocenters. The summed E-state index contributed by atoms with van der Waals surface area (Å²) in [6.45, 7) is 15.0. The Kier molecular flexibility index (Phi) is 33.3. The minimum absolute atomic E-state index is 0. The number of nitrogens with zero attached hydrogens (tertiary/aromatic N) is 2. The van der Waals surface area contributed by atoms with Crippen LogP contribution >= 0.6 is 46.4 Å². The Labute approximate surface area is 549 Å². The van der Waals surface area contributed by atoms with Crippen LogP contribution < -0.4 is 42.1 Å². The lowest BCUT2D eigenvalue weighted by molar-refractivity contribution is -0.144. The highest BCUT2D eigenvalue weighted by atomic mass is 35.5. The molecule has 6 rings (SSSR count). The van der Waals surface area contributed by atoms with Crippen molar-refractivity contribution in [3.05, 3.63) is 115 Å². The number of morpholine rings is 2. The fourth-order valence-electron chi connectivity index (χ4n) is 8.20. The maximum absolute atomic E-state index is 13.1. The molecule has 0 aliphatic carbocycles. The van der Waals surface area contributed by atoms with Crippen molar-refractivity contribution in [3.63, 3.8) is 0 Å². The normalized spacial score (nSPS) is 13.3. The van der Waals surface area contributed by atoms with Gasteiger partial charge in [-0.25, -0.2) is 24.0 Å². The summed E-state index contributed by atoms with van der Waals surface area (Å²) in [7, 11) is 2.36. The average Bonchev–Trinajstić information content (AvgIpc) is 1.02. The SMILES string of the molecule is C.C.CC(C)(C)OC(=O)Nc1cccc(C(=O)O)c1.COC(=O)[C@H](CCC(=O)CN)NC(=O)c1c(Cl)cc(N2CCOCC2)cc1Cl.COC(=O)[C@H](CCC(=O)CNC(=O)c1cccc(NC(=O)OC(C)(C)C)c1)NC(=O)c1c(Cl)cc(N2CCOCC2)cc1Cl. The number of nitrogens with one attached hydrogen (secondary N) is 5. The average molecular weight is 1350 g/mol. The lowest BCUT2D eigenvalue weighted by Gasteiger charge is -2.29. The van der Waals surface area contributed by atoms with Crippen LogP contribution in [0, 0.1) is 0 Å². The summed E-state index contributed by atoms with van der Waals surface area (Å²) >= 11 is 25.4. The lowest BCUT2D eigenvalue weighted by Crippen LogP contribution is -2.42. The molecule has 2 saturated heterocycles. The molecule has 2 heterocycles. The Balaban J connectivity index is 0.000000512. The second-order valence-electron chi connectivity index (χ2n) is 21.6. The van der Waals surface area contributed by atoms with Gasteiger partial charge in [0.2, 0.25) is 0 Å². The van der Waals surface area contributed by atoms with E-state index in [1.165, 1.54) is 31.4 Å². The third kappa shape index (κ3) is 27.3. The molecule has 0 spiro atoms. The summed E-state index contributed by atoms with van der Waals surface area (Å²) in [4.78, 5) is 125. The van der Waals surface area contributed by atoms with Gasteiger partial charge in [0.05, 0.1) is 90.5 Å². The van der Waals surface area contributed by atoms with Crippen LogP contribution in [0.4, 0.5) is 32.3 Å². The first-order chi connectivity index (χ1) is 41.9. The molecule has 29 heteroatoms. The number of carbonyl (C=O) groups is 10. The molecule has 5 amide bonds. The Bertz CT molecular complexity index is 3140. The van der Waals surface area contributed by atoms with Gasteiger partial charge in [0, 0.05) is 67.3 Å². The van der Waals surface area contributed by atoms with Gasteiger partial charge in [-0.1, -0.05) is 73.4 Å².